The van der Waals surface area contributed by atoms with Gasteiger partial charge in [0.1, 0.15) is 12.1 Å². The van der Waals surface area contributed by atoms with Crippen LogP contribution >= 0.6 is 0 Å². The van der Waals surface area contributed by atoms with E-state index < -0.39 is 24.3 Å². The number of ether oxygens (including phenoxy) is 2. The molecule has 0 aromatic heterocycles. The van der Waals surface area contributed by atoms with Crippen LogP contribution in [0.4, 0.5) is 13.2 Å². The summed E-state index contributed by atoms with van der Waals surface area (Å²) in [6.45, 7) is 0.317. The van der Waals surface area contributed by atoms with Crippen molar-refractivity contribution in [1.29, 1.82) is 0 Å². The average Bonchev–Trinajstić information content (AvgIpc) is 2.25. The van der Waals surface area contributed by atoms with Crippen LogP contribution < -0.4 is 5.32 Å². The molecule has 7 heteroatoms. The number of carbonyl (C=O) groups excluding carboxylic acids is 1. The smallest absolute Gasteiger partial charge is 0.411 e. The van der Waals surface area contributed by atoms with Gasteiger partial charge in [-0.2, -0.15) is 13.2 Å². The number of carbonyl (C=O) groups is 1. The Morgan fingerprint density at radius 1 is 1.35 bits per heavy atom. The van der Waals surface area contributed by atoms with Crippen molar-refractivity contribution in [2.45, 2.75) is 31.5 Å². The molecule has 0 rings (SSSR count). The summed E-state index contributed by atoms with van der Waals surface area (Å²) in [6.07, 6.45) is -3.63. The van der Waals surface area contributed by atoms with Gasteiger partial charge in [-0.1, -0.05) is 0 Å². The zero-order valence-corrected chi connectivity index (χ0v) is 10.2. The highest BCUT2D eigenvalue weighted by molar-refractivity contribution is 5.80. The second kappa shape index (κ2) is 6.80. The van der Waals surface area contributed by atoms with E-state index in [1.807, 2.05) is 0 Å². The largest absolute Gasteiger partial charge is 0.468 e. The molecular weight excluding hydrogens is 239 g/mol. The normalized spacial score (nSPS) is 15.4. The van der Waals surface area contributed by atoms with Crippen molar-refractivity contribution in [3.05, 3.63) is 0 Å². The van der Waals surface area contributed by atoms with Gasteiger partial charge in [-0.3, -0.25) is 4.79 Å². The second-order valence-corrected chi connectivity index (χ2v) is 3.85. The van der Waals surface area contributed by atoms with Crippen LogP contribution in [0.15, 0.2) is 0 Å². The minimum atomic E-state index is -4.31. The fraction of sp³-hybridized carbons (Fsp3) is 0.900. The van der Waals surface area contributed by atoms with Crippen molar-refractivity contribution in [3.63, 3.8) is 0 Å². The Morgan fingerprint density at radius 3 is 2.35 bits per heavy atom. The third kappa shape index (κ3) is 6.48. The Hall–Kier alpha value is -0.820. The first-order valence-electron chi connectivity index (χ1n) is 5.17. The van der Waals surface area contributed by atoms with Crippen molar-refractivity contribution in [3.8, 4) is 0 Å². The van der Waals surface area contributed by atoms with E-state index in [9.17, 15) is 18.0 Å². The minimum Gasteiger partial charge on any atom is -0.468 e. The Bertz CT molecular complexity index is 245. The van der Waals surface area contributed by atoms with Gasteiger partial charge in [0.05, 0.1) is 7.11 Å². The number of esters is 1. The van der Waals surface area contributed by atoms with Crippen LogP contribution in [0.3, 0.4) is 0 Å². The van der Waals surface area contributed by atoms with Crippen LogP contribution in [0.1, 0.15) is 19.8 Å². The molecule has 0 aliphatic heterocycles. The van der Waals surface area contributed by atoms with E-state index in [-0.39, 0.29) is 6.61 Å². The molecule has 0 aliphatic rings. The van der Waals surface area contributed by atoms with Gasteiger partial charge in [0.2, 0.25) is 0 Å². The molecule has 0 fully saturated rings. The molecule has 0 spiro atoms. The van der Waals surface area contributed by atoms with E-state index in [4.69, 9.17) is 0 Å². The first-order chi connectivity index (χ1) is 7.75. The van der Waals surface area contributed by atoms with Crippen LogP contribution in [0, 0.1) is 0 Å². The Labute approximate surface area is 98.5 Å². The maximum atomic E-state index is 11.8. The third-order valence-electron chi connectivity index (χ3n) is 2.42. The molecule has 102 valence electrons. The summed E-state index contributed by atoms with van der Waals surface area (Å²) in [5, 5.41) is 2.78. The third-order valence-corrected chi connectivity index (χ3v) is 2.42. The molecule has 0 aromatic carbocycles. The summed E-state index contributed by atoms with van der Waals surface area (Å²) in [4.78, 5) is 11.4. The number of hydrogen-bond donors (Lipinski definition) is 1. The van der Waals surface area contributed by atoms with Gasteiger partial charge in [0, 0.05) is 6.61 Å². The van der Waals surface area contributed by atoms with Gasteiger partial charge in [-0.05, 0) is 26.8 Å². The topological polar surface area (TPSA) is 47.6 Å². The minimum absolute atomic E-state index is 0.0478. The number of nitrogens with one attached hydrogen (secondary N) is 1. The molecule has 0 amide bonds. The molecule has 4 nitrogen and oxygen atoms in total. The molecule has 0 radical (unpaired) electrons. The molecule has 0 saturated heterocycles. The summed E-state index contributed by atoms with van der Waals surface area (Å²) in [7, 11) is 2.85. The lowest BCUT2D eigenvalue weighted by Gasteiger charge is -2.25. The van der Waals surface area contributed by atoms with Crippen LogP contribution in [0.5, 0.6) is 0 Å². The van der Waals surface area contributed by atoms with Gasteiger partial charge in [0.25, 0.3) is 0 Å². The molecule has 17 heavy (non-hydrogen) atoms. The number of halogens is 3. The van der Waals surface area contributed by atoms with Crippen LogP contribution in [0.2, 0.25) is 0 Å². The van der Waals surface area contributed by atoms with Crippen molar-refractivity contribution in [1.82, 2.24) is 5.32 Å². The summed E-state index contributed by atoms with van der Waals surface area (Å²) in [5.74, 6) is -0.448. The quantitative estimate of drug-likeness (QED) is 0.554. The molecule has 0 heterocycles. The molecule has 1 unspecified atom stereocenters. The first-order valence-corrected chi connectivity index (χ1v) is 5.17. The lowest BCUT2D eigenvalue weighted by molar-refractivity contribution is -0.174. The first kappa shape index (κ1) is 16.2. The van der Waals surface area contributed by atoms with E-state index >= 15 is 0 Å². The predicted octanol–water partition coefficient (Wildman–Crippen LogP) is 1.50. The highest BCUT2D eigenvalue weighted by Gasteiger charge is 2.32. The second-order valence-electron chi connectivity index (χ2n) is 3.85. The molecule has 0 bridgehead atoms. The molecule has 0 aliphatic carbocycles. The van der Waals surface area contributed by atoms with Crippen molar-refractivity contribution in [2.75, 3.05) is 27.4 Å². The maximum Gasteiger partial charge on any atom is 0.411 e. The highest BCUT2D eigenvalue weighted by atomic mass is 19.4. The van der Waals surface area contributed by atoms with E-state index in [1.54, 1.807) is 14.0 Å². The van der Waals surface area contributed by atoms with Crippen LogP contribution in [0.25, 0.3) is 0 Å². The number of hydrogen-bond acceptors (Lipinski definition) is 4. The van der Waals surface area contributed by atoms with Crippen LogP contribution in [-0.4, -0.2) is 45.1 Å². The number of rotatable bonds is 7. The standard InChI is InChI=1S/C10H18F3NO3/c1-9(14-2,8(15)16-3)5-4-6-17-7-10(11,12)13/h14H,4-7H2,1-3H3. The van der Waals surface area contributed by atoms with E-state index in [0.29, 0.717) is 12.8 Å². The van der Waals surface area contributed by atoms with Crippen LogP contribution in [-0.2, 0) is 14.3 Å². The van der Waals surface area contributed by atoms with Crippen molar-refractivity contribution in [2.24, 2.45) is 0 Å². The summed E-state index contributed by atoms with van der Waals surface area (Å²) < 4.78 is 44.3. The van der Waals surface area contributed by atoms with Gasteiger partial charge in [-0.25, -0.2) is 0 Å². The fourth-order valence-corrected chi connectivity index (χ4v) is 1.27. The lowest BCUT2D eigenvalue weighted by Crippen LogP contribution is -2.48. The summed E-state index contributed by atoms with van der Waals surface area (Å²) >= 11 is 0. The fourth-order valence-electron chi connectivity index (χ4n) is 1.27. The molecular formula is C10H18F3NO3. The van der Waals surface area contributed by atoms with Gasteiger partial charge < -0.3 is 14.8 Å². The summed E-state index contributed by atoms with van der Waals surface area (Å²) in [5.41, 5.74) is -0.893. The summed E-state index contributed by atoms with van der Waals surface area (Å²) in [6, 6.07) is 0. The molecule has 0 saturated carbocycles. The van der Waals surface area contributed by atoms with E-state index in [2.05, 4.69) is 14.8 Å². The molecule has 1 atom stereocenters. The SMILES string of the molecule is CNC(C)(CCCOCC(F)(F)F)C(=O)OC. The van der Waals surface area contributed by atoms with Gasteiger partial charge >= 0.3 is 12.1 Å². The molecule has 0 aromatic rings. The zero-order chi connectivity index (χ0) is 13.5. The zero-order valence-electron chi connectivity index (χ0n) is 10.2. The number of likely N-dealkylation sites (N-methyl/N-ethyl adjacent to an activating group) is 1. The van der Waals surface area contributed by atoms with E-state index in [0.717, 1.165) is 0 Å². The van der Waals surface area contributed by atoms with E-state index in [1.165, 1.54) is 7.11 Å². The number of methoxy groups -OCH3 is 1. The number of alkyl halides is 3. The Kier molecular flexibility index (Phi) is 6.48. The average molecular weight is 257 g/mol. The predicted molar refractivity (Wildman–Crippen MR) is 55.6 cm³/mol. The van der Waals surface area contributed by atoms with Gasteiger partial charge in [0.15, 0.2) is 0 Å². The lowest BCUT2D eigenvalue weighted by atomic mass is 9.96. The Balaban J connectivity index is 3.89. The monoisotopic (exact) mass is 257 g/mol. The van der Waals surface area contributed by atoms with Gasteiger partial charge in [-0.15, -0.1) is 0 Å². The highest BCUT2D eigenvalue weighted by Crippen LogP contribution is 2.16. The molecule has 1 N–H and O–H groups in total. The van der Waals surface area contributed by atoms with Crippen molar-refractivity contribution < 1.29 is 27.4 Å². The Morgan fingerprint density at radius 2 is 1.94 bits per heavy atom. The maximum absolute atomic E-state index is 11.8. The van der Waals surface area contributed by atoms with Crippen molar-refractivity contribution >= 4 is 5.97 Å².